The van der Waals surface area contributed by atoms with Gasteiger partial charge in [-0.3, -0.25) is 4.79 Å². The third-order valence-electron chi connectivity index (χ3n) is 1.60. The molecule has 1 amide bonds. The van der Waals surface area contributed by atoms with Crippen LogP contribution >= 0.6 is 11.6 Å². The van der Waals surface area contributed by atoms with Crippen LogP contribution in [0.1, 0.15) is 23.0 Å². The van der Waals surface area contributed by atoms with Gasteiger partial charge in [-0.2, -0.15) is 0 Å². The Labute approximate surface area is 91.0 Å². The molecule has 0 aliphatic heterocycles. The highest BCUT2D eigenvalue weighted by Crippen LogP contribution is 2.10. The lowest BCUT2D eigenvalue weighted by molar-refractivity contribution is 0.0969. The number of halogens is 1. The van der Waals surface area contributed by atoms with Crippen molar-refractivity contribution in [2.24, 2.45) is 5.16 Å². The summed E-state index contributed by atoms with van der Waals surface area (Å²) in [5, 5.41) is 20.9. The summed E-state index contributed by atoms with van der Waals surface area (Å²) >= 11 is 5.65. The molecule has 80 valence electrons. The topological polar surface area (TPSA) is 87.5 Å². The van der Waals surface area contributed by atoms with Crippen molar-refractivity contribution in [2.75, 3.05) is 0 Å². The molecule has 0 bridgehead atoms. The minimum absolute atomic E-state index is 0.0782. The van der Waals surface area contributed by atoms with E-state index in [2.05, 4.69) is 20.7 Å². The van der Waals surface area contributed by atoms with Gasteiger partial charge in [0.25, 0.3) is 5.91 Å². The Hall–Kier alpha value is -1.69. The van der Waals surface area contributed by atoms with Gasteiger partial charge in [-0.1, -0.05) is 16.8 Å². The normalized spacial score (nSPS) is 11.3. The second kappa shape index (κ2) is 4.70. The van der Waals surface area contributed by atoms with E-state index in [0.29, 0.717) is 5.56 Å². The minimum Gasteiger partial charge on any atom is -0.409 e. The summed E-state index contributed by atoms with van der Waals surface area (Å²) in [5.74, 6) is -0.424. The van der Waals surface area contributed by atoms with Gasteiger partial charge in [0.15, 0.2) is 10.8 Å². The highest BCUT2D eigenvalue weighted by Gasteiger charge is 2.10. The van der Waals surface area contributed by atoms with Crippen LogP contribution in [-0.4, -0.2) is 27.1 Å². The molecule has 7 heteroatoms. The van der Waals surface area contributed by atoms with E-state index >= 15 is 0 Å². The highest BCUT2D eigenvalue weighted by molar-refractivity contribution is 6.30. The van der Waals surface area contributed by atoms with Crippen LogP contribution in [0.5, 0.6) is 0 Å². The molecule has 0 unspecified atom stereocenters. The number of nitrogens with one attached hydrogen (secondary N) is 1. The molecule has 1 aromatic heterocycles. The molecule has 0 spiro atoms. The van der Waals surface area contributed by atoms with Crippen molar-refractivity contribution in [1.82, 2.24) is 15.5 Å². The quantitative estimate of drug-likeness (QED) is 0.325. The third kappa shape index (κ3) is 2.88. The molecule has 0 saturated heterocycles. The number of nitrogens with zero attached hydrogens (tertiary/aromatic N) is 3. The van der Waals surface area contributed by atoms with Crippen LogP contribution in [0.2, 0.25) is 5.15 Å². The molecule has 15 heavy (non-hydrogen) atoms. The molecule has 2 N–H and O–H groups in total. The van der Waals surface area contributed by atoms with Gasteiger partial charge in [-0.05, 0) is 25.5 Å². The number of hydrogen-bond acceptors (Lipinski definition) is 5. The summed E-state index contributed by atoms with van der Waals surface area (Å²) in [4.78, 5) is 11.4. The van der Waals surface area contributed by atoms with Crippen LogP contribution in [0.3, 0.4) is 0 Å². The predicted octanol–water partition coefficient (Wildman–Crippen LogP) is 0.976. The van der Waals surface area contributed by atoms with E-state index in [9.17, 15) is 4.79 Å². The fraction of sp³-hybridized carbons (Fsp3) is 0.250. The van der Waals surface area contributed by atoms with E-state index in [-0.39, 0.29) is 16.7 Å². The summed E-state index contributed by atoms with van der Waals surface area (Å²) in [7, 11) is 0. The van der Waals surface area contributed by atoms with E-state index < -0.39 is 5.91 Å². The lowest BCUT2D eigenvalue weighted by Gasteiger charge is -2.02. The molecular formula is C8H9ClN4O2. The van der Waals surface area contributed by atoms with Gasteiger partial charge in [0.05, 0.1) is 0 Å². The maximum absolute atomic E-state index is 11.4. The fourth-order valence-electron chi connectivity index (χ4n) is 0.834. The summed E-state index contributed by atoms with van der Waals surface area (Å²) in [6.07, 6.45) is 0. The van der Waals surface area contributed by atoms with Crippen LogP contribution in [0.25, 0.3) is 0 Å². The molecule has 6 nitrogen and oxygen atoms in total. The molecule has 0 aromatic carbocycles. The molecule has 0 fully saturated rings. The van der Waals surface area contributed by atoms with Gasteiger partial charge >= 0.3 is 0 Å². The number of carbonyl (C=O) groups is 1. The van der Waals surface area contributed by atoms with Gasteiger partial charge in [-0.25, -0.2) is 0 Å². The molecular weight excluding hydrogens is 220 g/mol. The number of amides is 1. The number of aromatic nitrogens is 2. The van der Waals surface area contributed by atoms with Crippen LogP contribution in [0, 0.1) is 6.92 Å². The first kappa shape index (κ1) is 11.4. The Bertz CT molecular complexity index is 419. The molecule has 1 aromatic rings. The van der Waals surface area contributed by atoms with Crippen LogP contribution in [0.4, 0.5) is 0 Å². The van der Waals surface area contributed by atoms with E-state index in [0.717, 1.165) is 0 Å². The number of amidine groups is 1. The zero-order valence-electron chi connectivity index (χ0n) is 8.15. The van der Waals surface area contributed by atoms with Gasteiger partial charge in [0.2, 0.25) is 0 Å². The van der Waals surface area contributed by atoms with Crippen molar-refractivity contribution in [3.05, 3.63) is 22.5 Å². The molecule has 1 heterocycles. The van der Waals surface area contributed by atoms with Crippen LogP contribution in [-0.2, 0) is 0 Å². The van der Waals surface area contributed by atoms with E-state index in [1.807, 2.05) is 0 Å². The van der Waals surface area contributed by atoms with Crippen molar-refractivity contribution in [3.63, 3.8) is 0 Å². The standard InChI is InChI=1S/C8H9ClN4O2/c1-4-3-6(11-12-7(4)9)8(14)10-5(2)13-15/h3,15H,1-2H3,(H,10,13,14). The third-order valence-corrected chi connectivity index (χ3v) is 1.97. The number of rotatable bonds is 1. The van der Waals surface area contributed by atoms with Crippen molar-refractivity contribution in [1.29, 1.82) is 0 Å². The summed E-state index contributed by atoms with van der Waals surface area (Å²) in [6.45, 7) is 3.15. The van der Waals surface area contributed by atoms with Gasteiger partial charge in [0, 0.05) is 0 Å². The van der Waals surface area contributed by atoms with Crippen molar-refractivity contribution in [2.45, 2.75) is 13.8 Å². The van der Waals surface area contributed by atoms with Gasteiger partial charge in [-0.15, -0.1) is 10.2 Å². The number of aryl methyl sites for hydroxylation is 1. The number of oxime groups is 1. The molecule has 0 atom stereocenters. The summed E-state index contributed by atoms with van der Waals surface area (Å²) in [5.41, 5.74) is 0.760. The lowest BCUT2D eigenvalue weighted by atomic mass is 10.3. The maximum atomic E-state index is 11.4. The van der Waals surface area contributed by atoms with Crippen molar-refractivity contribution >= 4 is 23.3 Å². The van der Waals surface area contributed by atoms with Gasteiger partial charge in [0.1, 0.15) is 5.84 Å². The average molecular weight is 229 g/mol. The SMILES string of the molecule is C/C(=N/O)NC(=O)c1cc(C)c(Cl)nn1. The monoisotopic (exact) mass is 228 g/mol. The first-order valence-corrected chi connectivity index (χ1v) is 4.42. The van der Waals surface area contributed by atoms with E-state index in [1.165, 1.54) is 13.0 Å². The van der Waals surface area contributed by atoms with Crippen LogP contribution < -0.4 is 5.32 Å². The minimum atomic E-state index is -0.502. The molecule has 0 radical (unpaired) electrons. The summed E-state index contributed by atoms with van der Waals surface area (Å²) in [6, 6.07) is 1.50. The second-order valence-corrected chi connectivity index (χ2v) is 3.20. The molecule has 0 aliphatic carbocycles. The van der Waals surface area contributed by atoms with Crippen molar-refractivity contribution in [3.8, 4) is 0 Å². The largest absolute Gasteiger partial charge is 0.409 e. The fourth-order valence-corrected chi connectivity index (χ4v) is 0.927. The van der Waals surface area contributed by atoms with Gasteiger partial charge < -0.3 is 10.5 Å². The van der Waals surface area contributed by atoms with Crippen molar-refractivity contribution < 1.29 is 10.0 Å². The lowest BCUT2D eigenvalue weighted by Crippen LogP contribution is -2.29. The number of hydrogen-bond donors (Lipinski definition) is 2. The average Bonchev–Trinajstić information content (AvgIpc) is 2.21. The second-order valence-electron chi connectivity index (χ2n) is 2.84. The zero-order chi connectivity index (χ0) is 11.4. The Morgan fingerprint density at radius 2 is 2.27 bits per heavy atom. The molecule has 0 saturated carbocycles. The van der Waals surface area contributed by atoms with E-state index in [1.54, 1.807) is 6.92 Å². The molecule has 0 aliphatic rings. The van der Waals surface area contributed by atoms with E-state index in [4.69, 9.17) is 16.8 Å². The first-order chi connectivity index (χ1) is 7.04. The Balaban J connectivity index is 2.88. The Morgan fingerprint density at radius 1 is 1.60 bits per heavy atom. The number of carbonyl (C=O) groups excluding carboxylic acids is 1. The smallest absolute Gasteiger partial charge is 0.277 e. The Morgan fingerprint density at radius 3 is 2.80 bits per heavy atom. The Kier molecular flexibility index (Phi) is 3.56. The van der Waals surface area contributed by atoms with Crippen LogP contribution in [0.15, 0.2) is 11.2 Å². The molecule has 1 rings (SSSR count). The highest BCUT2D eigenvalue weighted by atomic mass is 35.5. The maximum Gasteiger partial charge on any atom is 0.277 e. The first-order valence-electron chi connectivity index (χ1n) is 4.04. The summed E-state index contributed by atoms with van der Waals surface area (Å²) < 4.78 is 0. The predicted molar refractivity (Wildman–Crippen MR) is 54.1 cm³/mol. The zero-order valence-corrected chi connectivity index (χ0v) is 8.91.